The number of aromatic nitrogens is 1. The molecule has 0 aliphatic carbocycles. The first kappa shape index (κ1) is 17.3. The van der Waals surface area contributed by atoms with E-state index in [1.807, 2.05) is 18.2 Å². The van der Waals surface area contributed by atoms with Crippen molar-refractivity contribution >= 4 is 29.7 Å². The fourth-order valence-electron chi connectivity index (χ4n) is 2.65. The van der Waals surface area contributed by atoms with Crippen molar-refractivity contribution in [1.82, 2.24) is 15.2 Å². The van der Waals surface area contributed by atoms with Gasteiger partial charge >= 0.3 is 12.0 Å². The summed E-state index contributed by atoms with van der Waals surface area (Å²) in [6.07, 6.45) is 1.67. The van der Waals surface area contributed by atoms with E-state index < -0.39 is 17.9 Å². The number of aliphatic carboxylic acids is 1. The fourth-order valence-corrected chi connectivity index (χ4v) is 2.65. The Balaban J connectivity index is 1.72. The molecule has 8 heteroatoms. The fraction of sp³-hybridized carbons (Fsp3) is 0.167. The summed E-state index contributed by atoms with van der Waals surface area (Å²) in [6.45, 7) is 0.0652. The SMILES string of the molecule is Nc1ccc(-c2ccc(/C=C3\NC(=O)N(CCCC(=O)O)C3=O)[nH]2)cc1. The predicted octanol–water partition coefficient (Wildman–Crippen LogP) is 2.02. The molecule has 3 rings (SSSR count). The summed E-state index contributed by atoms with van der Waals surface area (Å²) in [7, 11) is 0. The first-order valence-electron chi connectivity index (χ1n) is 8.05. The van der Waals surface area contributed by atoms with Gasteiger partial charge in [-0.2, -0.15) is 0 Å². The lowest BCUT2D eigenvalue weighted by atomic mass is 10.1. The number of benzene rings is 1. The number of carboxylic acids is 1. The summed E-state index contributed by atoms with van der Waals surface area (Å²) in [6, 6.07) is 10.5. The number of hydrogen-bond acceptors (Lipinski definition) is 4. The molecule has 0 bridgehead atoms. The van der Waals surface area contributed by atoms with Crippen molar-refractivity contribution in [3.05, 3.63) is 47.8 Å². The predicted molar refractivity (Wildman–Crippen MR) is 95.7 cm³/mol. The Morgan fingerprint density at radius 1 is 1.15 bits per heavy atom. The average Bonchev–Trinajstić information content (AvgIpc) is 3.15. The van der Waals surface area contributed by atoms with E-state index in [2.05, 4.69) is 10.3 Å². The Hall–Kier alpha value is -3.55. The van der Waals surface area contributed by atoms with Crippen LogP contribution in [-0.4, -0.2) is 39.4 Å². The number of carbonyl (C=O) groups is 3. The molecule has 0 spiro atoms. The smallest absolute Gasteiger partial charge is 0.329 e. The van der Waals surface area contributed by atoms with Crippen LogP contribution in [0, 0.1) is 0 Å². The minimum Gasteiger partial charge on any atom is -0.481 e. The van der Waals surface area contributed by atoms with Crippen molar-refractivity contribution in [1.29, 1.82) is 0 Å². The summed E-state index contributed by atoms with van der Waals surface area (Å²) in [4.78, 5) is 38.9. The highest BCUT2D eigenvalue weighted by Crippen LogP contribution is 2.21. The van der Waals surface area contributed by atoms with Crippen LogP contribution in [0.15, 0.2) is 42.1 Å². The average molecular weight is 354 g/mol. The molecule has 0 atom stereocenters. The van der Waals surface area contributed by atoms with Crippen LogP contribution >= 0.6 is 0 Å². The molecule has 0 unspecified atom stereocenters. The Labute approximate surface area is 149 Å². The maximum absolute atomic E-state index is 12.3. The number of hydrogen-bond donors (Lipinski definition) is 4. The first-order chi connectivity index (χ1) is 12.4. The van der Waals surface area contributed by atoms with Gasteiger partial charge in [-0.1, -0.05) is 12.1 Å². The molecule has 2 aromatic rings. The normalized spacial score (nSPS) is 15.5. The summed E-state index contributed by atoms with van der Waals surface area (Å²) < 4.78 is 0. The van der Waals surface area contributed by atoms with Crippen molar-refractivity contribution in [3.8, 4) is 11.3 Å². The van der Waals surface area contributed by atoms with Gasteiger partial charge in [-0.05, 0) is 42.3 Å². The highest BCUT2D eigenvalue weighted by atomic mass is 16.4. The van der Waals surface area contributed by atoms with Crippen molar-refractivity contribution in [3.63, 3.8) is 0 Å². The van der Waals surface area contributed by atoms with Crippen LogP contribution in [0.4, 0.5) is 10.5 Å². The van der Waals surface area contributed by atoms with E-state index in [-0.39, 0.29) is 25.1 Å². The zero-order valence-corrected chi connectivity index (χ0v) is 13.9. The summed E-state index contributed by atoms with van der Waals surface area (Å²) in [5.74, 6) is -1.43. The highest BCUT2D eigenvalue weighted by Gasteiger charge is 2.33. The molecule has 1 aromatic heterocycles. The number of amides is 3. The maximum atomic E-state index is 12.3. The molecule has 134 valence electrons. The number of nitrogens with one attached hydrogen (secondary N) is 2. The van der Waals surface area contributed by atoms with Crippen molar-refractivity contribution in [2.24, 2.45) is 0 Å². The van der Waals surface area contributed by atoms with Gasteiger partial charge in [0.25, 0.3) is 5.91 Å². The number of nitrogens with two attached hydrogens (primary N) is 1. The molecule has 1 aliphatic heterocycles. The number of rotatable bonds is 6. The Morgan fingerprint density at radius 2 is 1.88 bits per heavy atom. The molecule has 8 nitrogen and oxygen atoms in total. The lowest BCUT2D eigenvalue weighted by Gasteiger charge is -2.10. The second-order valence-electron chi connectivity index (χ2n) is 5.89. The van der Waals surface area contributed by atoms with Crippen LogP contribution in [-0.2, 0) is 9.59 Å². The van der Waals surface area contributed by atoms with E-state index in [9.17, 15) is 14.4 Å². The second-order valence-corrected chi connectivity index (χ2v) is 5.89. The quantitative estimate of drug-likeness (QED) is 0.358. The van der Waals surface area contributed by atoms with Crippen molar-refractivity contribution in [2.75, 3.05) is 12.3 Å². The topological polar surface area (TPSA) is 129 Å². The zero-order chi connectivity index (χ0) is 18.7. The zero-order valence-electron chi connectivity index (χ0n) is 13.9. The second kappa shape index (κ2) is 7.14. The van der Waals surface area contributed by atoms with Crippen LogP contribution in [0.1, 0.15) is 18.5 Å². The third-order valence-electron chi connectivity index (χ3n) is 3.96. The monoisotopic (exact) mass is 354 g/mol. The van der Waals surface area contributed by atoms with Gasteiger partial charge in [0.15, 0.2) is 0 Å². The molecule has 0 radical (unpaired) electrons. The number of imide groups is 1. The number of urea groups is 1. The summed E-state index contributed by atoms with van der Waals surface area (Å²) in [5.41, 5.74) is 8.96. The van der Waals surface area contributed by atoms with E-state index in [1.165, 1.54) is 0 Å². The Bertz CT molecular complexity index is 883. The lowest BCUT2D eigenvalue weighted by molar-refractivity contribution is -0.137. The Morgan fingerprint density at radius 3 is 2.58 bits per heavy atom. The maximum Gasteiger partial charge on any atom is 0.329 e. The molecule has 3 amide bonds. The number of anilines is 1. The number of nitrogen functional groups attached to an aromatic ring is 1. The number of H-pyrrole nitrogens is 1. The molecular weight excluding hydrogens is 336 g/mol. The van der Waals surface area contributed by atoms with Crippen LogP contribution in [0.3, 0.4) is 0 Å². The number of carboxylic acid groups (broad SMARTS) is 1. The summed E-state index contributed by atoms with van der Waals surface area (Å²) >= 11 is 0. The molecular formula is C18H18N4O4. The molecule has 0 saturated carbocycles. The number of nitrogens with zero attached hydrogens (tertiary/aromatic N) is 1. The van der Waals surface area contributed by atoms with E-state index in [4.69, 9.17) is 10.8 Å². The number of aromatic amines is 1. The molecule has 26 heavy (non-hydrogen) atoms. The van der Waals surface area contributed by atoms with Gasteiger partial charge < -0.3 is 21.1 Å². The van der Waals surface area contributed by atoms with Crippen LogP contribution < -0.4 is 11.1 Å². The molecule has 1 aliphatic rings. The Kier molecular flexibility index (Phi) is 4.74. The van der Waals surface area contributed by atoms with Crippen molar-refractivity contribution in [2.45, 2.75) is 12.8 Å². The van der Waals surface area contributed by atoms with E-state index in [0.717, 1.165) is 16.2 Å². The minimum absolute atomic E-state index is 0.0652. The van der Waals surface area contributed by atoms with Crippen molar-refractivity contribution < 1.29 is 19.5 Å². The van der Waals surface area contributed by atoms with Crippen LogP contribution in [0.2, 0.25) is 0 Å². The molecule has 5 N–H and O–H groups in total. The van der Waals surface area contributed by atoms with E-state index >= 15 is 0 Å². The van der Waals surface area contributed by atoms with Gasteiger partial charge in [-0.15, -0.1) is 0 Å². The van der Waals surface area contributed by atoms with Gasteiger partial charge in [0.1, 0.15) is 5.70 Å². The van der Waals surface area contributed by atoms with E-state index in [1.54, 1.807) is 24.3 Å². The summed E-state index contributed by atoms with van der Waals surface area (Å²) in [5, 5.41) is 11.2. The van der Waals surface area contributed by atoms with Gasteiger partial charge in [-0.25, -0.2) is 4.79 Å². The van der Waals surface area contributed by atoms with Gasteiger partial charge in [-0.3, -0.25) is 14.5 Å². The number of carbonyl (C=O) groups excluding carboxylic acids is 2. The first-order valence-corrected chi connectivity index (χ1v) is 8.05. The third-order valence-corrected chi connectivity index (χ3v) is 3.96. The van der Waals surface area contributed by atoms with Gasteiger partial charge in [0.05, 0.1) is 0 Å². The van der Waals surface area contributed by atoms with Gasteiger partial charge in [0, 0.05) is 30.0 Å². The molecule has 1 saturated heterocycles. The largest absolute Gasteiger partial charge is 0.481 e. The molecule has 2 heterocycles. The van der Waals surface area contributed by atoms with E-state index in [0.29, 0.717) is 11.4 Å². The van der Waals surface area contributed by atoms with Gasteiger partial charge in [0.2, 0.25) is 0 Å². The third kappa shape index (κ3) is 3.75. The lowest BCUT2D eigenvalue weighted by Crippen LogP contribution is -2.32. The van der Waals surface area contributed by atoms with Crippen LogP contribution in [0.25, 0.3) is 17.3 Å². The standard InChI is InChI=1S/C18H18N4O4/c19-12-5-3-11(4-6-12)14-8-7-13(20-14)10-15-17(25)22(18(26)21-15)9-1-2-16(23)24/h3-8,10,20H,1-2,9,19H2,(H,21,26)(H,23,24)/b15-10-. The van der Waals surface area contributed by atoms with Crippen LogP contribution in [0.5, 0.6) is 0 Å². The minimum atomic E-state index is -0.964. The molecule has 1 aromatic carbocycles. The molecule has 1 fully saturated rings. The highest BCUT2D eigenvalue weighted by molar-refractivity contribution is 6.13.